The molecule has 0 bridgehead atoms. The van der Waals surface area contributed by atoms with E-state index in [1.165, 1.54) is 32.1 Å². The second-order valence-corrected chi connectivity index (χ2v) is 22.4. The lowest BCUT2D eigenvalue weighted by Crippen LogP contribution is -2.53. The van der Waals surface area contributed by atoms with Crippen LogP contribution in [0.3, 0.4) is 0 Å². The van der Waals surface area contributed by atoms with Crippen LogP contribution < -0.4 is 0 Å². The normalized spacial score (nSPS) is 49.5. The van der Waals surface area contributed by atoms with E-state index < -0.39 is 0 Å². The van der Waals surface area contributed by atoms with E-state index in [0.717, 1.165) is 94.7 Å². The van der Waals surface area contributed by atoms with Crippen LogP contribution in [-0.4, -0.2) is 0 Å². The first-order valence-electron chi connectivity index (χ1n) is 23.6. The van der Waals surface area contributed by atoms with Crippen LogP contribution in [-0.2, 0) is 0 Å². The lowest BCUT2D eigenvalue weighted by Gasteiger charge is -2.61. The third-order valence-electron chi connectivity index (χ3n) is 21.0. The van der Waals surface area contributed by atoms with Crippen LogP contribution in [0.4, 0.5) is 0 Å². The molecule has 0 aromatic heterocycles. The van der Waals surface area contributed by atoms with Crippen molar-refractivity contribution in [2.75, 3.05) is 0 Å². The van der Waals surface area contributed by atoms with Crippen LogP contribution in [0, 0.1) is 111 Å². The molecule has 0 aromatic carbocycles. The van der Waals surface area contributed by atoms with Crippen LogP contribution in [0.15, 0.2) is 0 Å². The van der Waals surface area contributed by atoms with Crippen molar-refractivity contribution in [1.29, 1.82) is 0 Å². The first kappa shape index (κ1) is 36.0. The van der Waals surface area contributed by atoms with E-state index in [1.807, 2.05) is 0 Å². The molecule has 0 aliphatic heterocycles. The van der Waals surface area contributed by atoms with Crippen molar-refractivity contribution in [3.8, 4) is 0 Å². The fraction of sp³-hybridized carbons (Fsp3) is 1.00. The third-order valence-corrected chi connectivity index (χ3v) is 21.0. The maximum Gasteiger partial charge on any atom is -0.0227 e. The van der Waals surface area contributed by atoms with Gasteiger partial charge in [-0.1, -0.05) is 113 Å². The van der Waals surface area contributed by atoms with Crippen molar-refractivity contribution in [3.63, 3.8) is 0 Å². The minimum absolute atomic E-state index is 0.526. The Morgan fingerprint density at radius 1 is 0.531 bits per heavy atom. The van der Waals surface area contributed by atoms with Crippen LogP contribution in [0.25, 0.3) is 0 Å². The van der Waals surface area contributed by atoms with Gasteiger partial charge in [-0.2, -0.15) is 0 Å². The zero-order valence-corrected chi connectivity index (χ0v) is 34.3. The Labute approximate surface area is 306 Å². The van der Waals surface area contributed by atoms with Crippen LogP contribution >= 0.6 is 0 Å². The van der Waals surface area contributed by atoms with E-state index in [9.17, 15) is 0 Å². The molecule has 280 valence electrons. The van der Waals surface area contributed by atoms with Gasteiger partial charge in [0.05, 0.1) is 0 Å². The summed E-state index contributed by atoms with van der Waals surface area (Å²) in [6, 6.07) is 0. The van der Waals surface area contributed by atoms with Crippen molar-refractivity contribution in [1.82, 2.24) is 0 Å². The monoisotopic (exact) mass is 673 g/mol. The molecular weight excluding hydrogens is 589 g/mol. The minimum atomic E-state index is 0.526. The molecule has 0 heterocycles. The highest BCUT2D eigenvalue weighted by Crippen LogP contribution is 2.78. The fourth-order valence-electron chi connectivity index (χ4n) is 18.2. The summed E-state index contributed by atoms with van der Waals surface area (Å²) in [5.74, 6) is 16.9. The maximum absolute atomic E-state index is 2.77. The summed E-state index contributed by atoms with van der Waals surface area (Å²) in [6.45, 7) is 21.0. The van der Waals surface area contributed by atoms with Crippen LogP contribution in [0.5, 0.6) is 0 Å². The lowest BCUT2D eigenvalue weighted by molar-refractivity contribution is -0.116. The Morgan fingerprint density at radius 2 is 1.12 bits per heavy atom. The summed E-state index contributed by atoms with van der Waals surface area (Å²) in [5, 5.41) is 0. The van der Waals surface area contributed by atoms with Gasteiger partial charge in [-0.15, -0.1) is 0 Å². The van der Waals surface area contributed by atoms with Gasteiger partial charge in [0.15, 0.2) is 0 Å². The van der Waals surface area contributed by atoms with Crippen molar-refractivity contribution in [3.05, 3.63) is 0 Å². The van der Waals surface area contributed by atoms with E-state index in [2.05, 4.69) is 55.4 Å². The largest absolute Gasteiger partial charge is 0.0649 e. The molecule has 0 aromatic rings. The second kappa shape index (κ2) is 13.7. The predicted molar refractivity (Wildman–Crippen MR) is 210 cm³/mol. The zero-order chi connectivity index (χ0) is 34.3. The van der Waals surface area contributed by atoms with Gasteiger partial charge in [0.1, 0.15) is 0 Å². The summed E-state index contributed by atoms with van der Waals surface area (Å²) >= 11 is 0. The van der Waals surface area contributed by atoms with Gasteiger partial charge in [-0.05, 0) is 194 Å². The van der Waals surface area contributed by atoms with Crippen molar-refractivity contribution < 1.29 is 0 Å². The van der Waals surface area contributed by atoms with Crippen molar-refractivity contribution >= 4 is 0 Å². The molecule has 1 spiro atoms. The smallest absolute Gasteiger partial charge is 0.0227 e. The Morgan fingerprint density at radius 3 is 1.76 bits per heavy atom. The summed E-state index contributed by atoms with van der Waals surface area (Å²) < 4.78 is 0. The van der Waals surface area contributed by atoms with Gasteiger partial charge in [-0.25, -0.2) is 0 Å². The molecule has 49 heavy (non-hydrogen) atoms. The van der Waals surface area contributed by atoms with Crippen molar-refractivity contribution in [2.45, 2.75) is 197 Å². The van der Waals surface area contributed by atoms with Crippen LogP contribution in [0.2, 0.25) is 0 Å². The molecule has 15 atom stereocenters. The molecule has 0 heteroatoms. The Hall–Kier alpha value is 0. The molecule has 0 amide bonds. The van der Waals surface area contributed by atoms with E-state index >= 15 is 0 Å². The standard InChI is InChI=1S/C49H84/c1-9-47(7,10-2)35-28-36(48(8,11-3)12-4)30-49(29-35)43-24-23-39-41(26-33-22-21-32-17-13-14-19-38(32)44(33)39)45(43)42-27-34(25-31(5)6)37-18-15-16-20-40(37)46(42)49/h31-46H,9-30H2,1-8H3. The third kappa shape index (κ3) is 5.66. The Kier molecular flexibility index (Phi) is 10.1. The average molecular weight is 673 g/mol. The van der Waals surface area contributed by atoms with Gasteiger partial charge < -0.3 is 0 Å². The summed E-state index contributed by atoms with van der Waals surface area (Å²) in [6.07, 6.45) is 34.4. The summed E-state index contributed by atoms with van der Waals surface area (Å²) in [7, 11) is 0. The first-order valence-corrected chi connectivity index (χ1v) is 23.6. The summed E-state index contributed by atoms with van der Waals surface area (Å²) in [4.78, 5) is 0. The molecule has 8 saturated carbocycles. The molecule has 0 N–H and O–H groups in total. The molecule has 0 radical (unpaired) electrons. The molecular formula is C49H84. The highest BCUT2D eigenvalue weighted by Gasteiger charge is 2.71. The lowest BCUT2D eigenvalue weighted by atomic mass is 9.44. The fourth-order valence-corrected chi connectivity index (χ4v) is 18.2. The second-order valence-electron chi connectivity index (χ2n) is 22.4. The SMILES string of the molecule is CCC(C)(CC)C1CC(C(C)(CC)CC)CC2(C1)C1CCC3C(CC4CCC5CCCCC5C43)C1C1CC(CC(C)C)C3CCCCC3C12. The minimum Gasteiger partial charge on any atom is -0.0649 e. The Bertz CT molecular complexity index is 1090. The molecule has 15 unspecified atom stereocenters. The van der Waals surface area contributed by atoms with Gasteiger partial charge in [0.2, 0.25) is 0 Å². The van der Waals surface area contributed by atoms with E-state index in [4.69, 9.17) is 0 Å². The molecule has 0 nitrogen and oxygen atoms in total. The quantitative estimate of drug-likeness (QED) is 0.241. The van der Waals surface area contributed by atoms with Gasteiger partial charge in [0, 0.05) is 0 Å². The number of fused-ring (bicyclic) bond motifs is 13. The first-order chi connectivity index (χ1) is 23.6. The van der Waals surface area contributed by atoms with Gasteiger partial charge in [0.25, 0.3) is 0 Å². The van der Waals surface area contributed by atoms with E-state index in [1.54, 1.807) is 109 Å². The van der Waals surface area contributed by atoms with Gasteiger partial charge in [-0.3, -0.25) is 0 Å². The number of hydrogen-bond acceptors (Lipinski definition) is 0. The average Bonchev–Trinajstić information content (AvgIpc) is 3.64. The number of hydrogen-bond donors (Lipinski definition) is 0. The molecule has 0 saturated heterocycles. The van der Waals surface area contributed by atoms with Gasteiger partial charge >= 0.3 is 0 Å². The molecule has 8 fully saturated rings. The maximum atomic E-state index is 2.77. The van der Waals surface area contributed by atoms with Crippen LogP contribution in [0.1, 0.15) is 197 Å². The molecule has 8 aliphatic carbocycles. The predicted octanol–water partition coefficient (Wildman–Crippen LogP) is 14.7. The van der Waals surface area contributed by atoms with Crippen molar-refractivity contribution in [2.24, 2.45) is 111 Å². The topological polar surface area (TPSA) is 0 Å². The summed E-state index contributed by atoms with van der Waals surface area (Å²) in [5.41, 5.74) is 1.70. The molecule has 8 rings (SSSR count). The number of rotatable bonds is 8. The highest BCUT2D eigenvalue weighted by molar-refractivity contribution is 5.19. The zero-order valence-electron chi connectivity index (χ0n) is 34.3. The Balaban J connectivity index is 1.24. The van der Waals surface area contributed by atoms with E-state index in [0.29, 0.717) is 16.2 Å². The van der Waals surface area contributed by atoms with E-state index in [-0.39, 0.29) is 0 Å². The highest BCUT2D eigenvalue weighted by atomic mass is 14.8. The molecule has 8 aliphatic rings.